The van der Waals surface area contributed by atoms with Crippen molar-refractivity contribution in [2.75, 3.05) is 0 Å². The Morgan fingerprint density at radius 2 is 1.57 bits per heavy atom. The minimum absolute atomic E-state index is 0. The van der Waals surface area contributed by atoms with Gasteiger partial charge in [0.15, 0.2) is 0 Å². The molecule has 0 unspecified atom stereocenters. The molecule has 0 fully saturated rings. The van der Waals surface area contributed by atoms with E-state index in [1.165, 1.54) is 32.7 Å². The smallest absolute Gasteiger partial charge is 0.0346 e. The normalized spacial score (nSPS) is 11.9. The van der Waals surface area contributed by atoms with Crippen LogP contribution < -0.4 is 0 Å². The number of hydrogen-bond acceptors (Lipinski definition) is 1. The van der Waals surface area contributed by atoms with Crippen LogP contribution in [0.2, 0.25) is 0 Å². The molecular weight excluding hydrogens is 543 g/mol. The van der Waals surface area contributed by atoms with Crippen LogP contribution in [-0.4, -0.2) is 4.98 Å². The molecule has 0 saturated heterocycles. The van der Waals surface area contributed by atoms with E-state index in [-0.39, 0.29) is 20.1 Å². The summed E-state index contributed by atoms with van der Waals surface area (Å²) in [5.74, 6) is -0.661. The molecule has 1 heterocycles. The second-order valence-electron chi connectivity index (χ2n) is 7.62. The molecule has 0 N–H and O–H groups in total. The van der Waals surface area contributed by atoms with E-state index >= 15 is 0 Å². The first-order chi connectivity index (χ1) is 14.5. The van der Waals surface area contributed by atoms with Crippen molar-refractivity contribution in [3.8, 4) is 22.4 Å². The van der Waals surface area contributed by atoms with E-state index in [0.717, 1.165) is 16.8 Å². The van der Waals surface area contributed by atoms with Gasteiger partial charge in [0.05, 0.1) is 0 Å². The van der Waals surface area contributed by atoms with Crippen LogP contribution in [0.3, 0.4) is 0 Å². The Kier molecular flexibility index (Phi) is 5.44. The Hall–Kier alpha value is -2.80. The predicted molar refractivity (Wildman–Crippen MR) is 123 cm³/mol. The summed E-state index contributed by atoms with van der Waals surface area (Å²) in [6, 6.07) is 32.9. The van der Waals surface area contributed by atoms with Crippen LogP contribution in [0.15, 0.2) is 91.1 Å². The number of fused-ring (bicyclic) bond motifs is 3. The first kappa shape index (κ1) is 19.2. The van der Waals surface area contributed by atoms with Gasteiger partial charge in [-0.05, 0) is 34.2 Å². The molecule has 0 aliphatic carbocycles. The SMILES string of the molecule is [2H]C(C)(C)c1ccnc(-c2[c-]cc3c(c2)cc(-c2ccccc2)c2ccccc23)c1.[Ir]. The Labute approximate surface area is 192 Å². The zero-order valence-corrected chi connectivity index (χ0v) is 19.3. The fourth-order valence-corrected chi connectivity index (χ4v) is 3.94. The van der Waals surface area contributed by atoms with Crippen molar-refractivity contribution in [3.05, 3.63) is 103 Å². The summed E-state index contributed by atoms with van der Waals surface area (Å²) in [4.78, 5) is 4.56. The first-order valence-corrected chi connectivity index (χ1v) is 9.90. The second-order valence-corrected chi connectivity index (χ2v) is 7.62. The Balaban J connectivity index is 0.00000231. The number of pyridine rings is 1. The Bertz CT molecular complexity index is 1370. The van der Waals surface area contributed by atoms with Crippen molar-refractivity contribution in [3.63, 3.8) is 0 Å². The average Bonchev–Trinajstić information content (AvgIpc) is 2.78. The van der Waals surface area contributed by atoms with E-state index < -0.39 is 5.89 Å². The second kappa shape index (κ2) is 8.52. The molecule has 1 radical (unpaired) electrons. The van der Waals surface area contributed by atoms with Crippen LogP contribution in [0.5, 0.6) is 0 Å². The standard InChI is InChI=1S/C28H22N.Ir/c1-19(2)21-14-15-29-28(18-21)22-12-13-24-23(16-22)17-27(20-8-4-3-5-9-20)26-11-7-6-10-25(24)26;/h3-11,13-19H,1-2H3;/q-1;/i19D;. The molecule has 4 aromatic carbocycles. The zero-order valence-electron chi connectivity index (χ0n) is 17.9. The number of hydrogen-bond donors (Lipinski definition) is 0. The third-order valence-corrected chi connectivity index (χ3v) is 5.49. The van der Waals surface area contributed by atoms with Gasteiger partial charge >= 0.3 is 0 Å². The summed E-state index contributed by atoms with van der Waals surface area (Å²) in [6.45, 7) is 3.79. The number of benzene rings is 4. The maximum Gasteiger partial charge on any atom is 0.0346 e. The van der Waals surface area contributed by atoms with Gasteiger partial charge < -0.3 is 4.98 Å². The van der Waals surface area contributed by atoms with E-state index in [4.69, 9.17) is 1.37 Å². The monoisotopic (exact) mass is 566 g/mol. The number of aromatic nitrogens is 1. The minimum Gasteiger partial charge on any atom is -0.305 e. The molecule has 0 aliphatic heterocycles. The molecule has 0 amide bonds. The summed E-state index contributed by atoms with van der Waals surface area (Å²) in [5.41, 5.74) is 5.18. The van der Waals surface area contributed by atoms with E-state index in [1.54, 1.807) is 6.20 Å². The van der Waals surface area contributed by atoms with Crippen LogP contribution in [0, 0.1) is 6.07 Å². The van der Waals surface area contributed by atoms with Gasteiger partial charge in [-0.3, -0.25) is 0 Å². The molecule has 5 aromatic rings. The van der Waals surface area contributed by atoms with Crippen LogP contribution in [0.1, 0.15) is 26.7 Å². The Morgan fingerprint density at radius 3 is 2.33 bits per heavy atom. The molecule has 2 heteroatoms. The van der Waals surface area contributed by atoms with Crippen molar-refractivity contribution in [1.29, 1.82) is 0 Å². The van der Waals surface area contributed by atoms with Gasteiger partial charge in [0.25, 0.3) is 0 Å². The summed E-state index contributed by atoms with van der Waals surface area (Å²) < 4.78 is 8.34. The molecule has 30 heavy (non-hydrogen) atoms. The minimum atomic E-state index is -0.661. The van der Waals surface area contributed by atoms with Crippen molar-refractivity contribution < 1.29 is 21.5 Å². The van der Waals surface area contributed by atoms with Gasteiger partial charge in [-0.15, -0.1) is 23.8 Å². The summed E-state index contributed by atoms with van der Waals surface area (Å²) >= 11 is 0. The van der Waals surface area contributed by atoms with Crippen molar-refractivity contribution >= 4 is 21.5 Å². The van der Waals surface area contributed by atoms with Gasteiger partial charge in [-0.2, -0.15) is 0 Å². The maximum absolute atomic E-state index is 8.34. The van der Waals surface area contributed by atoms with E-state index in [0.29, 0.717) is 0 Å². The van der Waals surface area contributed by atoms with Crippen LogP contribution >= 0.6 is 0 Å². The number of rotatable bonds is 3. The molecule has 0 atom stereocenters. The zero-order chi connectivity index (χ0) is 20.7. The molecule has 5 rings (SSSR count). The van der Waals surface area contributed by atoms with E-state index in [1.807, 2.05) is 32.0 Å². The van der Waals surface area contributed by atoms with Crippen LogP contribution in [-0.2, 0) is 20.1 Å². The molecule has 149 valence electrons. The van der Waals surface area contributed by atoms with Crippen LogP contribution in [0.4, 0.5) is 0 Å². The third kappa shape index (κ3) is 3.69. The molecule has 0 spiro atoms. The van der Waals surface area contributed by atoms with Crippen LogP contribution in [0.25, 0.3) is 43.9 Å². The molecule has 0 saturated carbocycles. The first-order valence-electron chi connectivity index (χ1n) is 10.4. The fraction of sp³-hybridized carbons (Fsp3) is 0.107. The van der Waals surface area contributed by atoms with Gasteiger partial charge in [0, 0.05) is 27.7 Å². The fourth-order valence-electron chi connectivity index (χ4n) is 3.94. The number of nitrogens with zero attached hydrogens (tertiary/aromatic N) is 1. The topological polar surface area (TPSA) is 12.9 Å². The largest absolute Gasteiger partial charge is 0.305 e. The van der Waals surface area contributed by atoms with E-state index in [9.17, 15) is 0 Å². The van der Waals surface area contributed by atoms with Gasteiger partial charge in [-0.25, -0.2) is 0 Å². The molecule has 1 nitrogen and oxygen atoms in total. The molecule has 0 bridgehead atoms. The predicted octanol–water partition coefficient (Wildman–Crippen LogP) is 7.64. The molecule has 1 aromatic heterocycles. The van der Waals surface area contributed by atoms with Gasteiger partial charge in [0.1, 0.15) is 0 Å². The van der Waals surface area contributed by atoms with Gasteiger partial charge in [-0.1, -0.05) is 102 Å². The van der Waals surface area contributed by atoms with Crippen molar-refractivity contribution in [2.24, 2.45) is 0 Å². The van der Waals surface area contributed by atoms with Crippen molar-refractivity contribution in [2.45, 2.75) is 19.7 Å². The maximum atomic E-state index is 8.34. The third-order valence-electron chi connectivity index (χ3n) is 5.49. The molecule has 0 aliphatic rings. The Morgan fingerprint density at radius 1 is 0.833 bits per heavy atom. The summed E-state index contributed by atoms with van der Waals surface area (Å²) in [6.07, 6.45) is 1.79. The molecular formula is C28H22IrN-. The summed E-state index contributed by atoms with van der Waals surface area (Å²) in [5, 5.41) is 4.82. The van der Waals surface area contributed by atoms with Gasteiger partial charge in [0.2, 0.25) is 0 Å². The average molecular weight is 566 g/mol. The quantitative estimate of drug-likeness (QED) is 0.162. The summed E-state index contributed by atoms with van der Waals surface area (Å²) in [7, 11) is 0. The van der Waals surface area contributed by atoms with E-state index in [2.05, 4.69) is 77.8 Å². The van der Waals surface area contributed by atoms with Crippen molar-refractivity contribution in [1.82, 2.24) is 4.98 Å².